The first-order valence-corrected chi connectivity index (χ1v) is 4.58. The first-order valence-electron chi connectivity index (χ1n) is 4.58. The van der Waals surface area contributed by atoms with Crippen molar-refractivity contribution >= 4 is 11.9 Å². The van der Waals surface area contributed by atoms with Gasteiger partial charge in [0.25, 0.3) is 0 Å². The molecule has 0 aliphatic rings. The molecule has 0 radical (unpaired) electrons. The second-order valence-corrected chi connectivity index (χ2v) is 3.27. The predicted molar refractivity (Wildman–Crippen MR) is 52.5 cm³/mol. The quantitative estimate of drug-likeness (QED) is 0.577. The zero-order chi connectivity index (χ0) is 11.1. The van der Waals surface area contributed by atoms with E-state index in [1.807, 2.05) is 6.92 Å². The van der Waals surface area contributed by atoms with Crippen molar-refractivity contribution < 1.29 is 14.3 Å². The molecule has 0 rings (SSSR count). The average molecular weight is 202 g/mol. The summed E-state index contributed by atoms with van der Waals surface area (Å²) in [5.74, 6) is -0.840. The van der Waals surface area contributed by atoms with Crippen LogP contribution in [0.15, 0.2) is 0 Å². The molecule has 0 aliphatic carbocycles. The number of hydrogen-bond donors (Lipinski definition) is 2. The topological polar surface area (TPSA) is 81.4 Å². The zero-order valence-electron chi connectivity index (χ0n) is 8.87. The van der Waals surface area contributed by atoms with E-state index in [-0.39, 0.29) is 30.3 Å². The summed E-state index contributed by atoms with van der Waals surface area (Å²) in [6.45, 7) is 4.12. The van der Waals surface area contributed by atoms with Gasteiger partial charge in [-0.05, 0) is 6.92 Å². The van der Waals surface area contributed by atoms with Crippen molar-refractivity contribution in [1.82, 2.24) is 5.32 Å². The highest BCUT2D eigenvalue weighted by Crippen LogP contribution is 2.04. The van der Waals surface area contributed by atoms with Gasteiger partial charge in [0.15, 0.2) is 0 Å². The fraction of sp³-hybridized carbons (Fsp3) is 0.778. The number of ether oxygens (including phenoxy) is 1. The Balaban J connectivity index is 3.78. The van der Waals surface area contributed by atoms with Gasteiger partial charge in [0.2, 0.25) is 5.91 Å². The van der Waals surface area contributed by atoms with Gasteiger partial charge < -0.3 is 15.8 Å². The van der Waals surface area contributed by atoms with Gasteiger partial charge >= 0.3 is 5.97 Å². The van der Waals surface area contributed by atoms with Gasteiger partial charge in [-0.1, -0.05) is 6.92 Å². The molecule has 5 nitrogen and oxygen atoms in total. The molecule has 0 aromatic heterocycles. The predicted octanol–water partition coefficient (Wildman–Crippen LogP) is -0.351. The molecule has 82 valence electrons. The molecule has 0 aromatic carbocycles. The largest absolute Gasteiger partial charge is 0.469 e. The van der Waals surface area contributed by atoms with Crippen molar-refractivity contribution in [3.63, 3.8) is 0 Å². The number of esters is 1. The van der Waals surface area contributed by atoms with E-state index in [4.69, 9.17) is 5.73 Å². The Morgan fingerprint density at radius 1 is 1.43 bits per heavy atom. The summed E-state index contributed by atoms with van der Waals surface area (Å²) in [7, 11) is 1.36. The first kappa shape index (κ1) is 12.9. The molecule has 2 unspecified atom stereocenters. The monoisotopic (exact) mass is 202 g/mol. The van der Waals surface area contributed by atoms with Crippen LogP contribution in [0, 0.1) is 5.92 Å². The minimum Gasteiger partial charge on any atom is -0.469 e. The lowest BCUT2D eigenvalue weighted by molar-refractivity contribution is -0.145. The maximum atomic E-state index is 11.1. The summed E-state index contributed by atoms with van der Waals surface area (Å²) < 4.78 is 4.59. The molecule has 2 atom stereocenters. The number of hydrogen-bond acceptors (Lipinski definition) is 4. The van der Waals surface area contributed by atoms with E-state index in [0.717, 1.165) is 0 Å². The smallest absolute Gasteiger partial charge is 0.309 e. The van der Waals surface area contributed by atoms with E-state index in [2.05, 4.69) is 10.1 Å². The molecule has 3 N–H and O–H groups in total. The first-order chi connectivity index (χ1) is 6.49. The van der Waals surface area contributed by atoms with Crippen LogP contribution in [0.4, 0.5) is 0 Å². The highest BCUT2D eigenvalue weighted by molar-refractivity contribution is 5.74. The van der Waals surface area contributed by atoms with Crippen LogP contribution in [0.2, 0.25) is 0 Å². The van der Waals surface area contributed by atoms with Crippen LogP contribution in [-0.2, 0) is 14.3 Å². The van der Waals surface area contributed by atoms with Crippen molar-refractivity contribution in [2.24, 2.45) is 11.7 Å². The van der Waals surface area contributed by atoms with Gasteiger partial charge in [0.05, 0.1) is 13.0 Å². The lowest BCUT2D eigenvalue weighted by atomic mass is 10.0. The van der Waals surface area contributed by atoms with Gasteiger partial charge in [0, 0.05) is 19.0 Å². The molecular formula is C9H18N2O3. The molecule has 0 saturated heterocycles. The fourth-order valence-electron chi connectivity index (χ4n) is 0.990. The minimum atomic E-state index is -0.351. The van der Waals surface area contributed by atoms with Gasteiger partial charge in [-0.25, -0.2) is 0 Å². The van der Waals surface area contributed by atoms with E-state index in [1.165, 1.54) is 7.11 Å². The fourth-order valence-corrected chi connectivity index (χ4v) is 0.990. The second kappa shape index (κ2) is 6.37. The second-order valence-electron chi connectivity index (χ2n) is 3.27. The summed E-state index contributed by atoms with van der Waals surface area (Å²) in [6.07, 6.45) is 0.276. The highest BCUT2D eigenvalue weighted by Gasteiger charge is 2.19. The van der Waals surface area contributed by atoms with Crippen LogP contribution < -0.4 is 11.1 Å². The maximum Gasteiger partial charge on any atom is 0.309 e. The van der Waals surface area contributed by atoms with Crippen molar-refractivity contribution in [3.8, 4) is 0 Å². The molecular weight excluding hydrogens is 184 g/mol. The average Bonchev–Trinajstić information content (AvgIpc) is 2.14. The third-order valence-electron chi connectivity index (χ3n) is 2.16. The van der Waals surface area contributed by atoms with Crippen LogP contribution in [0.25, 0.3) is 0 Å². The molecule has 0 aromatic rings. The van der Waals surface area contributed by atoms with E-state index in [1.54, 1.807) is 6.92 Å². The lowest BCUT2D eigenvalue weighted by Gasteiger charge is -2.18. The molecule has 0 saturated carbocycles. The molecule has 5 heteroatoms. The van der Waals surface area contributed by atoms with Gasteiger partial charge in [-0.3, -0.25) is 9.59 Å². The minimum absolute atomic E-state index is 0.0261. The Hall–Kier alpha value is -1.10. The van der Waals surface area contributed by atoms with E-state index in [0.29, 0.717) is 6.54 Å². The standard InChI is InChI=1S/C9H18N2O3/c1-6(9(13)14-3)7(2)11-5-4-8(10)12/h6-7,11H,4-5H2,1-3H3,(H2,10,12). The molecule has 14 heavy (non-hydrogen) atoms. The van der Waals surface area contributed by atoms with Crippen molar-refractivity contribution in [2.45, 2.75) is 26.3 Å². The molecule has 1 amide bonds. The Morgan fingerprint density at radius 2 is 2.00 bits per heavy atom. The van der Waals surface area contributed by atoms with Gasteiger partial charge in [0.1, 0.15) is 0 Å². The van der Waals surface area contributed by atoms with E-state index >= 15 is 0 Å². The molecule has 0 fully saturated rings. The Labute approximate surface area is 84.0 Å². The van der Waals surface area contributed by atoms with E-state index < -0.39 is 0 Å². The van der Waals surface area contributed by atoms with Crippen molar-refractivity contribution in [1.29, 1.82) is 0 Å². The summed E-state index contributed by atoms with van der Waals surface area (Å²) in [6, 6.07) is -0.0261. The number of carbonyl (C=O) groups excluding carboxylic acids is 2. The summed E-state index contributed by atoms with van der Waals surface area (Å²) in [5, 5.41) is 3.03. The lowest BCUT2D eigenvalue weighted by Crippen LogP contribution is -2.38. The molecule has 0 bridgehead atoms. The molecule has 0 spiro atoms. The van der Waals surface area contributed by atoms with Crippen molar-refractivity contribution in [3.05, 3.63) is 0 Å². The summed E-state index contributed by atoms with van der Waals surface area (Å²) in [5.41, 5.74) is 4.97. The van der Waals surface area contributed by atoms with Crippen LogP contribution in [0.3, 0.4) is 0 Å². The maximum absolute atomic E-state index is 11.1. The molecule has 0 heterocycles. The number of methoxy groups -OCH3 is 1. The summed E-state index contributed by atoms with van der Waals surface area (Å²) >= 11 is 0. The number of carbonyl (C=O) groups is 2. The Kier molecular flexibility index (Phi) is 5.87. The third kappa shape index (κ3) is 4.81. The number of rotatable bonds is 6. The van der Waals surface area contributed by atoms with Gasteiger partial charge in [-0.15, -0.1) is 0 Å². The third-order valence-corrected chi connectivity index (χ3v) is 2.16. The van der Waals surface area contributed by atoms with Gasteiger partial charge in [-0.2, -0.15) is 0 Å². The van der Waals surface area contributed by atoms with Crippen LogP contribution in [0.1, 0.15) is 20.3 Å². The number of nitrogens with two attached hydrogens (primary N) is 1. The van der Waals surface area contributed by atoms with Crippen LogP contribution in [-0.4, -0.2) is 31.6 Å². The highest BCUT2D eigenvalue weighted by atomic mass is 16.5. The van der Waals surface area contributed by atoms with Crippen molar-refractivity contribution in [2.75, 3.05) is 13.7 Å². The van der Waals surface area contributed by atoms with Crippen LogP contribution in [0.5, 0.6) is 0 Å². The summed E-state index contributed by atoms with van der Waals surface area (Å²) in [4.78, 5) is 21.5. The number of amides is 1. The number of nitrogens with one attached hydrogen (secondary N) is 1. The Morgan fingerprint density at radius 3 is 2.43 bits per heavy atom. The van der Waals surface area contributed by atoms with Crippen LogP contribution >= 0.6 is 0 Å². The zero-order valence-corrected chi connectivity index (χ0v) is 8.87. The SMILES string of the molecule is COC(=O)C(C)C(C)NCCC(N)=O. The normalized spacial score (nSPS) is 14.5. The van der Waals surface area contributed by atoms with E-state index in [9.17, 15) is 9.59 Å². The molecule has 0 aliphatic heterocycles. The Bertz CT molecular complexity index is 206. The number of primary amides is 1.